The molecule has 48 heavy (non-hydrogen) atoms. The van der Waals surface area contributed by atoms with E-state index >= 15 is 0 Å². The maximum absolute atomic E-state index is 12.9. The van der Waals surface area contributed by atoms with Crippen LogP contribution in [0.3, 0.4) is 0 Å². The van der Waals surface area contributed by atoms with E-state index in [1.165, 1.54) is 0 Å². The van der Waals surface area contributed by atoms with Crippen LogP contribution in [0.15, 0.2) is 84.9 Å². The van der Waals surface area contributed by atoms with E-state index in [0.717, 1.165) is 36.7 Å². The molecule has 0 saturated carbocycles. The molecule has 0 radical (unpaired) electrons. The van der Waals surface area contributed by atoms with Gasteiger partial charge in [-0.1, -0.05) is 19.1 Å². The Morgan fingerprint density at radius 3 is 1.90 bits per heavy atom. The molecule has 2 unspecified atom stereocenters. The summed E-state index contributed by atoms with van der Waals surface area (Å²) in [6.07, 6.45) is 4.24. The lowest BCUT2D eigenvalue weighted by Crippen LogP contribution is -2.33. The quantitative estimate of drug-likeness (QED) is 0.0910. The van der Waals surface area contributed by atoms with Crippen LogP contribution in [-0.4, -0.2) is 47.1 Å². The summed E-state index contributed by atoms with van der Waals surface area (Å²) in [4.78, 5) is 35.5. The minimum Gasteiger partial charge on any atom is -0.504 e. The fraction of sp³-hybridized carbons (Fsp3) is 0.308. The SMILES string of the molecule is CCc1ccc(Oc2ccc(C(=O)CCC3OCCC(CCc4ccc(Oc5ccc(C(=O)CCC=O)cc5)c(O)c4)O3)cc2)c(O)c1. The van der Waals surface area contributed by atoms with Crippen molar-refractivity contribution in [1.82, 2.24) is 0 Å². The van der Waals surface area contributed by atoms with Gasteiger partial charge >= 0.3 is 0 Å². The lowest BCUT2D eigenvalue weighted by atomic mass is 10.0. The van der Waals surface area contributed by atoms with E-state index in [2.05, 4.69) is 0 Å². The first-order chi connectivity index (χ1) is 23.3. The van der Waals surface area contributed by atoms with E-state index in [1.54, 1.807) is 72.8 Å². The fourth-order valence-corrected chi connectivity index (χ4v) is 5.42. The van der Waals surface area contributed by atoms with E-state index in [4.69, 9.17) is 18.9 Å². The average molecular weight is 653 g/mol. The minimum atomic E-state index is -0.472. The summed E-state index contributed by atoms with van der Waals surface area (Å²) in [5.41, 5.74) is 3.01. The first-order valence-electron chi connectivity index (χ1n) is 16.3. The Hall–Kier alpha value is -4.99. The largest absolute Gasteiger partial charge is 0.504 e. The zero-order valence-corrected chi connectivity index (χ0v) is 26.9. The number of carbonyl (C=O) groups is 3. The van der Waals surface area contributed by atoms with E-state index in [9.17, 15) is 24.6 Å². The molecule has 9 nitrogen and oxygen atoms in total. The molecule has 0 aromatic heterocycles. The number of rotatable bonds is 16. The van der Waals surface area contributed by atoms with Crippen molar-refractivity contribution in [2.75, 3.05) is 6.61 Å². The van der Waals surface area contributed by atoms with Crippen molar-refractivity contribution < 1.29 is 43.5 Å². The molecule has 0 bridgehead atoms. The van der Waals surface area contributed by atoms with E-state index < -0.39 is 6.29 Å². The monoisotopic (exact) mass is 652 g/mol. The summed E-state index contributed by atoms with van der Waals surface area (Å²) < 4.78 is 23.5. The Morgan fingerprint density at radius 1 is 0.771 bits per heavy atom. The number of hydrogen-bond acceptors (Lipinski definition) is 9. The molecule has 0 amide bonds. The second-order valence-electron chi connectivity index (χ2n) is 11.7. The molecule has 9 heteroatoms. The van der Waals surface area contributed by atoms with Crippen molar-refractivity contribution in [3.05, 3.63) is 107 Å². The summed E-state index contributed by atoms with van der Waals surface area (Å²) in [7, 11) is 0. The van der Waals surface area contributed by atoms with Crippen LogP contribution in [0.5, 0.6) is 34.5 Å². The van der Waals surface area contributed by atoms with Gasteiger partial charge in [-0.2, -0.15) is 0 Å². The van der Waals surface area contributed by atoms with Crippen molar-refractivity contribution in [1.29, 1.82) is 0 Å². The molecule has 250 valence electrons. The highest BCUT2D eigenvalue weighted by Crippen LogP contribution is 2.33. The predicted molar refractivity (Wildman–Crippen MR) is 179 cm³/mol. The molecule has 1 saturated heterocycles. The molecule has 1 fully saturated rings. The third-order valence-corrected chi connectivity index (χ3v) is 8.20. The lowest BCUT2D eigenvalue weighted by molar-refractivity contribution is -0.215. The average Bonchev–Trinajstić information content (AvgIpc) is 3.11. The molecule has 1 heterocycles. The highest BCUT2D eigenvalue weighted by Gasteiger charge is 2.24. The lowest BCUT2D eigenvalue weighted by Gasteiger charge is -2.30. The number of carbonyl (C=O) groups excluding carboxylic acids is 3. The standard InChI is InChI=1S/C39H40O9/c1-2-26-6-18-37(35(43)24-26)46-31-15-10-29(11-16-31)34(42)17-20-39-45-23-21-32(48-39)12-5-27-7-19-38(36(44)25-27)47-30-13-8-28(9-14-30)33(41)4-3-22-40/h6-11,13-16,18-19,22,24-25,32,39,43-44H,2-5,12,17,20-21,23H2,1H3. The molecule has 4 aromatic carbocycles. The summed E-state index contributed by atoms with van der Waals surface area (Å²) in [5, 5.41) is 20.8. The van der Waals surface area contributed by atoms with Gasteiger partial charge in [0.05, 0.1) is 12.7 Å². The zero-order valence-electron chi connectivity index (χ0n) is 26.9. The minimum absolute atomic E-state index is 0.00583. The Balaban J connectivity index is 1.05. The number of ketones is 2. The number of aromatic hydroxyl groups is 2. The first kappa shape index (κ1) is 34.3. The highest BCUT2D eigenvalue weighted by molar-refractivity contribution is 5.97. The van der Waals surface area contributed by atoms with E-state index in [1.807, 2.05) is 19.1 Å². The van der Waals surface area contributed by atoms with E-state index in [-0.39, 0.29) is 48.4 Å². The fourth-order valence-electron chi connectivity index (χ4n) is 5.42. The van der Waals surface area contributed by atoms with Gasteiger partial charge < -0.3 is 34.0 Å². The van der Waals surface area contributed by atoms with Crippen molar-refractivity contribution >= 4 is 17.9 Å². The second kappa shape index (κ2) is 16.7. The number of phenolic OH excluding ortho intramolecular Hbond substituents is 2. The van der Waals surface area contributed by atoms with Crippen LogP contribution < -0.4 is 9.47 Å². The number of hydrogen-bond donors (Lipinski definition) is 2. The number of Topliss-reactive ketones (excluding diaryl/α,β-unsaturated/α-hetero) is 2. The molecule has 2 N–H and O–H groups in total. The van der Waals surface area contributed by atoms with Gasteiger partial charge in [0.1, 0.15) is 17.8 Å². The van der Waals surface area contributed by atoms with Gasteiger partial charge in [0.2, 0.25) is 0 Å². The normalized spacial score (nSPS) is 15.9. The maximum Gasteiger partial charge on any atom is 0.169 e. The van der Waals surface area contributed by atoms with Crippen LogP contribution in [0, 0.1) is 0 Å². The summed E-state index contributed by atoms with van der Waals surface area (Å²) >= 11 is 0. The predicted octanol–water partition coefficient (Wildman–Crippen LogP) is 8.13. The van der Waals surface area contributed by atoms with Crippen LogP contribution in [0.1, 0.15) is 77.3 Å². The summed E-state index contributed by atoms with van der Waals surface area (Å²) in [6.45, 7) is 2.56. The van der Waals surface area contributed by atoms with Gasteiger partial charge in [0.25, 0.3) is 0 Å². The number of aryl methyl sites for hydroxylation is 2. The highest BCUT2D eigenvalue weighted by atomic mass is 16.7. The number of ether oxygens (including phenoxy) is 4. The maximum atomic E-state index is 12.9. The molecular formula is C39H40O9. The van der Waals surface area contributed by atoms with Gasteiger partial charge in [0, 0.05) is 36.8 Å². The van der Waals surface area contributed by atoms with Crippen molar-refractivity contribution in [3.63, 3.8) is 0 Å². The van der Waals surface area contributed by atoms with Crippen LogP contribution in [0.4, 0.5) is 0 Å². The molecule has 5 rings (SSSR count). The Morgan fingerprint density at radius 2 is 1.33 bits per heavy atom. The summed E-state index contributed by atoms with van der Waals surface area (Å²) in [5.74, 6) is 1.60. The molecule has 2 atom stereocenters. The van der Waals surface area contributed by atoms with Gasteiger partial charge in [0.15, 0.2) is 40.9 Å². The van der Waals surface area contributed by atoms with Gasteiger partial charge in [-0.05, 0) is 110 Å². The molecule has 4 aromatic rings. The van der Waals surface area contributed by atoms with Crippen LogP contribution in [0.25, 0.3) is 0 Å². The Bertz CT molecular complexity index is 1700. The van der Waals surface area contributed by atoms with Gasteiger partial charge in [-0.15, -0.1) is 0 Å². The van der Waals surface area contributed by atoms with Crippen LogP contribution in [0.2, 0.25) is 0 Å². The summed E-state index contributed by atoms with van der Waals surface area (Å²) in [6, 6.07) is 24.0. The molecule has 1 aliphatic heterocycles. The van der Waals surface area contributed by atoms with Crippen LogP contribution >= 0.6 is 0 Å². The number of aldehydes is 1. The second-order valence-corrected chi connectivity index (χ2v) is 11.7. The Kier molecular flexibility index (Phi) is 12.0. The topological polar surface area (TPSA) is 129 Å². The molecule has 0 spiro atoms. The van der Waals surface area contributed by atoms with Gasteiger partial charge in [-0.25, -0.2) is 0 Å². The van der Waals surface area contributed by atoms with E-state index in [0.29, 0.717) is 53.6 Å². The van der Waals surface area contributed by atoms with Crippen molar-refractivity contribution in [2.24, 2.45) is 0 Å². The van der Waals surface area contributed by atoms with Crippen LogP contribution in [-0.2, 0) is 27.1 Å². The third kappa shape index (κ3) is 9.53. The Labute approximate surface area is 280 Å². The zero-order chi connectivity index (χ0) is 33.9. The number of phenols is 2. The van der Waals surface area contributed by atoms with Crippen molar-refractivity contribution in [3.8, 4) is 34.5 Å². The third-order valence-electron chi connectivity index (χ3n) is 8.20. The molecular weight excluding hydrogens is 612 g/mol. The smallest absolute Gasteiger partial charge is 0.169 e. The first-order valence-corrected chi connectivity index (χ1v) is 16.3. The van der Waals surface area contributed by atoms with Crippen molar-refractivity contribution in [2.45, 2.75) is 70.7 Å². The molecule has 0 aliphatic carbocycles. The number of benzene rings is 4. The molecule has 1 aliphatic rings. The van der Waals surface area contributed by atoms with Gasteiger partial charge in [-0.3, -0.25) is 9.59 Å².